The third-order valence-electron chi connectivity index (χ3n) is 5.88. The smallest absolute Gasteiger partial charge is 0.338 e. The monoisotopic (exact) mass is 460 g/mol. The van der Waals surface area contributed by atoms with Gasteiger partial charge in [0.2, 0.25) is 5.78 Å². The molecule has 0 saturated heterocycles. The molecule has 4 rings (SSSR count). The molecule has 3 aromatic rings. The van der Waals surface area contributed by atoms with Gasteiger partial charge in [0, 0.05) is 30.6 Å². The number of rotatable bonds is 8. The van der Waals surface area contributed by atoms with Gasteiger partial charge in [-0.1, -0.05) is 12.1 Å². The second-order valence-electron chi connectivity index (χ2n) is 7.97. The number of hydrogen-bond donors (Lipinski definition) is 0. The molecule has 8 heteroatoms. The quantitative estimate of drug-likeness (QED) is 0.290. The molecule has 0 saturated carbocycles. The Balaban J connectivity index is 1.41. The zero-order chi connectivity index (χ0) is 24.4. The number of imide groups is 1. The lowest BCUT2D eigenvalue weighted by molar-refractivity contribution is 0.0474. The van der Waals surface area contributed by atoms with E-state index in [0.717, 1.165) is 16.3 Å². The van der Waals surface area contributed by atoms with Crippen LogP contribution in [-0.2, 0) is 16.0 Å². The van der Waals surface area contributed by atoms with Crippen LogP contribution < -0.4 is 4.90 Å². The van der Waals surface area contributed by atoms with E-state index in [0.29, 0.717) is 35.5 Å². The molecule has 2 aromatic carbocycles. The number of carbonyl (C=O) groups excluding carboxylic acids is 4. The molecule has 0 N–H and O–H groups in total. The van der Waals surface area contributed by atoms with Gasteiger partial charge >= 0.3 is 5.97 Å². The number of fused-ring (bicyclic) bond motifs is 1. The van der Waals surface area contributed by atoms with Crippen molar-refractivity contribution in [1.29, 1.82) is 0 Å². The van der Waals surface area contributed by atoms with Crippen LogP contribution in [0.5, 0.6) is 0 Å². The summed E-state index contributed by atoms with van der Waals surface area (Å²) < 4.78 is 12.3. The van der Waals surface area contributed by atoms with E-state index in [1.165, 1.54) is 24.3 Å². The Morgan fingerprint density at radius 2 is 1.53 bits per heavy atom. The molecule has 0 spiro atoms. The van der Waals surface area contributed by atoms with Crippen molar-refractivity contribution in [3.8, 4) is 0 Å². The third kappa shape index (κ3) is 4.15. The molecule has 1 aliphatic rings. The minimum atomic E-state index is -0.671. The molecule has 0 fully saturated rings. The molecule has 8 nitrogen and oxygen atoms in total. The number of aryl methyl sites for hydroxylation is 1. The molecule has 0 atom stereocenters. The van der Waals surface area contributed by atoms with Gasteiger partial charge < -0.3 is 14.0 Å². The lowest BCUT2D eigenvalue weighted by Gasteiger charge is -2.14. The van der Waals surface area contributed by atoms with Crippen LogP contribution in [0, 0.1) is 13.8 Å². The van der Waals surface area contributed by atoms with Crippen molar-refractivity contribution < 1.29 is 28.7 Å². The maximum absolute atomic E-state index is 12.6. The summed E-state index contributed by atoms with van der Waals surface area (Å²) in [5, 5.41) is 0. The molecule has 2 heterocycles. The molecule has 0 bridgehead atoms. The fourth-order valence-corrected chi connectivity index (χ4v) is 4.07. The minimum absolute atomic E-state index is 0.207. The Kier molecular flexibility index (Phi) is 6.43. The number of amides is 2. The van der Waals surface area contributed by atoms with E-state index in [2.05, 4.69) is 0 Å². The number of aromatic nitrogens is 1. The van der Waals surface area contributed by atoms with Crippen LogP contribution in [-0.4, -0.2) is 48.5 Å². The number of hydrogen-bond acceptors (Lipinski definition) is 6. The van der Waals surface area contributed by atoms with E-state index in [9.17, 15) is 19.2 Å². The zero-order valence-electron chi connectivity index (χ0n) is 19.2. The van der Waals surface area contributed by atoms with E-state index in [4.69, 9.17) is 9.47 Å². The molecule has 34 heavy (non-hydrogen) atoms. The number of benzene rings is 2. The second-order valence-corrected chi connectivity index (χ2v) is 7.97. The van der Waals surface area contributed by atoms with Crippen LogP contribution in [0.3, 0.4) is 0 Å². The molecule has 0 radical (unpaired) electrons. The van der Waals surface area contributed by atoms with Gasteiger partial charge in [0.25, 0.3) is 11.8 Å². The van der Waals surface area contributed by atoms with Crippen molar-refractivity contribution in [3.63, 3.8) is 0 Å². The Morgan fingerprint density at radius 1 is 0.912 bits per heavy atom. The maximum atomic E-state index is 12.6. The SMILES string of the molecule is COCCn1c(C)cc(C(=O)COC(=O)c2ccc(N3C(=O)c4ccccc4C3=O)cc2)c1C. The molecule has 0 aliphatic carbocycles. The summed E-state index contributed by atoms with van der Waals surface area (Å²) in [6.07, 6.45) is 0. The summed E-state index contributed by atoms with van der Waals surface area (Å²) in [7, 11) is 1.62. The van der Waals surface area contributed by atoms with Gasteiger partial charge in [-0.15, -0.1) is 0 Å². The lowest BCUT2D eigenvalue weighted by Crippen LogP contribution is -2.29. The average molecular weight is 460 g/mol. The number of esters is 1. The van der Waals surface area contributed by atoms with Crippen LogP contribution in [0.4, 0.5) is 5.69 Å². The fraction of sp³-hybridized carbons (Fsp3) is 0.231. The van der Waals surface area contributed by atoms with Crippen molar-refractivity contribution in [2.45, 2.75) is 20.4 Å². The van der Waals surface area contributed by atoms with Gasteiger partial charge in [0.15, 0.2) is 6.61 Å². The van der Waals surface area contributed by atoms with E-state index < -0.39 is 24.4 Å². The Bertz CT molecular complexity index is 1250. The summed E-state index contributed by atoms with van der Waals surface area (Å²) in [4.78, 5) is 51.4. The van der Waals surface area contributed by atoms with Crippen LogP contribution in [0.15, 0.2) is 54.6 Å². The zero-order valence-corrected chi connectivity index (χ0v) is 19.2. The maximum Gasteiger partial charge on any atom is 0.338 e. The first-order valence-corrected chi connectivity index (χ1v) is 10.8. The largest absolute Gasteiger partial charge is 0.454 e. The summed E-state index contributed by atoms with van der Waals surface area (Å²) in [6, 6.07) is 14.3. The predicted molar refractivity (Wildman–Crippen MR) is 124 cm³/mol. The van der Waals surface area contributed by atoms with Crippen LogP contribution in [0.25, 0.3) is 0 Å². The highest BCUT2D eigenvalue weighted by Gasteiger charge is 2.36. The highest BCUT2D eigenvalue weighted by Crippen LogP contribution is 2.28. The Hall–Kier alpha value is -4.04. The number of nitrogens with zero attached hydrogens (tertiary/aromatic N) is 2. The number of ketones is 1. The van der Waals surface area contributed by atoms with Crippen molar-refractivity contribution in [2.24, 2.45) is 0 Å². The van der Waals surface area contributed by atoms with Gasteiger partial charge in [-0.2, -0.15) is 0 Å². The van der Waals surface area contributed by atoms with Gasteiger partial charge in [0.1, 0.15) is 0 Å². The lowest BCUT2D eigenvalue weighted by atomic mass is 10.1. The van der Waals surface area contributed by atoms with Gasteiger partial charge in [0.05, 0.1) is 29.0 Å². The van der Waals surface area contributed by atoms with Crippen molar-refractivity contribution >= 4 is 29.3 Å². The summed E-state index contributed by atoms with van der Waals surface area (Å²) >= 11 is 0. The molecule has 1 aromatic heterocycles. The third-order valence-corrected chi connectivity index (χ3v) is 5.88. The number of carbonyl (C=O) groups is 4. The van der Waals surface area contributed by atoms with Crippen LogP contribution in [0.1, 0.15) is 52.8 Å². The molecule has 1 aliphatic heterocycles. The topological polar surface area (TPSA) is 94.9 Å². The van der Waals surface area contributed by atoms with Crippen molar-refractivity contribution in [2.75, 3.05) is 25.2 Å². The van der Waals surface area contributed by atoms with E-state index in [-0.39, 0.29) is 11.3 Å². The first-order chi connectivity index (χ1) is 16.3. The van der Waals surface area contributed by atoms with Crippen molar-refractivity contribution in [3.05, 3.63) is 88.2 Å². The number of anilines is 1. The average Bonchev–Trinajstić information content (AvgIpc) is 3.28. The minimum Gasteiger partial charge on any atom is -0.454 e. The summed E-state index contributed by atoms with van der Waals surface area (Å²) in [5.74, 6) is -1.79. The highest BCUT2D eigenvalue weighted by molar-refractivity contribution is 6.34. The van der Waals surface area contributed by atoms with E-state index >= 15 is 0 Å². The normalized spacial score (nSPS) is 12.7. The Labute approximate surface area is 196 Å². The van der Waals surface area contributed by atoms with Gasteiger partial charge in [-0.3, -0.25) is 14.4 Å². The number of ether oxygens (including phenoxy) is 2. The predicted octanol–water partition coefficient (Wildman–Crippen LogP) is 3.59. The van der Waals surface area contributed by atoms with E-state index in [1.54, 1.807) is 37.4 Å². The number of Topliss-reactive ketones (excluding diaryl/α,β-unsaturated/α-hetero) is 1. The second kappa shape index (κ2) is 9.44. The highest BCUT2D eigenvalue weighted by atomic mass is 16.5. The van der Waals surface area contributed by atoms with Gasteiger partial charge in [-0.05, 0) is 56.3 Å². The first-order valence-electron chi connectivity index (χ1n) is 10.8. The molecule has 0 unspecified atom stereocenters. The summed E-state index contributed by atoms with van der Waals surface area (Å²) in [6.45, 7) is 4.50. The molecule has 174 valence electrons. The fourth-order valence-electron chi connectivity index (χ4n) is 4.07. The molecular weight excluding hydrogens is 436 g/mol. The van der Waals surface area contributed by atoms with Crippen LogP contribution in [0.2, 0.25) is 0 Å². The van der Waals surface area contributed by atoms with Crippen molar-refractivity contribution in [1.82, 2.24) is 4.57 Å². The first kappa shape index (κ1) is 23.1. The molecule has 2 amide bonds. The van der Waals surface area contributed by atoms with Crippen LogP contribution >= 0.6 is 0 Å². The summed E-state index contributed by atoms with van der Waals surface area (Å²) in [5.41, 5.74) is 3.46. The Morgan fingerprint density at radius 3 is 2.12 bits per heavy atom. The van der Waals surface area contributed by atoms with E-state index in [1.807, 2.05) is 18.4 Å². The van der Waals surface area contributed by atoms with Gasteiger partial charge in [-0.25, -0.2) is 9.69 Å². The standard InChI is InChI=1S/C26H24N2O6/c1-16-14-22(17(2)27(16)12-13-33-3)23(29)15-34-26(32)18-8-10-19(11-9-18)28-24(30)20-6-4-5-7-21(20)25(28)31/h4-11,14H,12-13,15H2,1-3H3. The molecular formula is C26H24N2O6. The number of methoxy groups -OCH3 is 1.